The number of hydrogen-bond donors (Lipinski definition) is 2. The lowest BCUT2D eigenvalue weighted by molar-refractivity contribution is -0.143. The molecule has 2 heterocycles. The molecular formula is C19H28F3N5O. The fourth-order valence-corrected chi connectivity index (χ4v) is 3.94. The van der Waals surface area contributed by atoms with Crippen LogP contribution in [0.5, 0.6) is 5.75 Å². The third-order valence-electron chi connectivity index (χ3n) is 5.34. The summed E-state index contributed by atoms with van der Waals surface area (Å²) in [4.78, 5) is 10.1. The van der Waals surface area contributed by atoms with E-state index in [2.05, 4.69) is 20.1 Å². The van der Waals surface area contributed by atoms with Crippen molar-refractivity contribution in [2.45, 2.75) is 12.6 Å². The minimum absolute atomic E-state index is 0.196. The van der Waals surface area contributed by atoms with Gasteiger partial charge in [-0.2, -0.15) is 13.2 Å². The Morgan fingerprint density at radius 3 is 2.54 bits per heavy atom. The van der Waals surface area contributed by atoms with Gasteiger partial charge in [0.2, 0.25) is 0 Å². The molecule has 2 saturated heterocycles. The molecule has 2 aliphatic rings. The molecular weight excluding hydrogens is 371 g/mol. The third-order valence-corrected chi connectivity index (χ3v) is 5.34. The Hall–Kier alpha value is -2.16. The van der Waals surface area contributed by atoms with Crippen LogP contribution >= 0.6 is 0 Å². The number of phenols is 1. The zero-order valence-corrected chi connectivity index (χ0v) is 16.1. The van der Waals surface area contributed by atoms with E-state index in [0.29, 0.717) is 19.6 Å². The fraction of sp³-hybridized carbons (Fsp3) is 0.632. The van der Waals surface area contributed by atoms with Gasteiger partial charge in [0.1, 0.15) is 5.75 Å². The number of guanidine groups is 1. The number of rotatable bonds is 4. The topological polar surface area (TPSA) is 54.3 Å². The summed E-state index contributed by atoms with van der Waals surface area (Å²) in [6, 6.07) is 7.31. The van der Waals surface area contributed by atoms with Crippen LogP contribution in [0.2, 0.25) is 0 Å². The van der Waals surface area contributed by atoms with Gasteiger partial charge < -0.3 is 20.2 Å². The van der Waals surface area contributed by atoms with Gasteiger partial charge in [0.15, 0.2) is 5.96 Å². The molecule has 9 heteroatoms. The van der Waals surface area contributed by atoms with Crippen LogP contribution in [-0.4, -0.2) is 86.4 Å². The van der Waals surface area contributed by atoms with E-state index in [-0.39, 0.29) is 11.7 Å². The Labute approximate surface area is 163 Å². The standard InChI is InChI=1S/C19H28F3N5O/c1-23-18(24-12-15-6-7-25(13-15)14-19(20,21)22)27-10-8-26(9-11-27)16-4-2-3-5-17(16)28/h2-5,15,28H,6-14H2,1H3,(H,23,24). The summed E-state index contributed by atoms with van der Waals surface area (Å²) >= 11 is 0. The Morgan fingerprint density at radius 2 is 1.89 bits per heavy atom. The highest BCUT2D eigenvalue weighted by Crippen LogP contribution is 2.27. The molecule has 1 aromatic rings. The molecule has 2 fully saturated rings. The summed E-state index contributed by atoms with van der Waals surface area (Å²) in [5.41, 5.74) is 0.834. The number of phenolic OH excluding ortho intramolecular Hbond substituents is 1. The predicted molar refractivity (Wildman–Crippen MR) is 104 cm³/mol. The predicted octanol–water partition coefficient (Wildman–Crippen LogP) is 1.97. The molecule has 0 bridgehead atoms. The van der Waals surface area contributed by atoms with Gasteiger partial charge in [-0.3, -0.25) is 9.89 Å². The molecule has 0 spiro atoms. The minimum atomic E-state index is -4.13. The molecule has 2 aliphatic heterocycles. The zero-order valence-electron chi connectivity index (χ0n) is 16.1. The van der Waals surface area contributed by atoms with Crippen LogP contribution in [0.15, 0.2) is 29.3 Å². The van der Waals surface area contributed by atoms with Crippen LogP contribution in [0, 0.1) is 5.92 Å². The van der Waals surface area contributed by atoms with Crippen molar-refractivity contribution in [1.29, 1.82) is 0 Å². The molecule has 156 valence electrons. The number of alkyl halides is 3. The number of anilines is 1. The summed E-state index contributed by atoms with van der Waals surface area (Å²) in [5.74, 6) is 1.26. The Balaban J connectivity index is 1.45. The first kappa shape index (κ1) is 20.6. The van der Waals surface area contributed by atoms with Crippen LogP contribution < -0.4 is 10.2 Å². The lowest BCUT2D eigenvalue weighted by Gasteiger charge is -2.38. The maximum atomic E-state index is 12.5. The normalized spacial score (nSPS) is 22.0. The van der Waals surface area contributed by atoms with Crippen molar-refractivity contribution in [3.63, 3.8) is 0 Å². The highest BCUT2D eigenvalue weighted by atomic mass is 19.4. The van der Waals surface area contributed by atoms with Crippen molar-refractivity contribution in [2.75, 3.05) is 64.3 Å². The highest BCUT2D eigenvalue weighted by molar-refractivity contribution is 5.80. The Morgan fingerprint density at radius 1 is 1.18 bits per heavy atom. The molecule has 0 aliphatic carbocycles. The smallest absolute Gasteiger partial charge is 0.401 e. The molecule has 6 nitrogen and oxygen atoms in total. The maximum absolute atomic E-state index is 12.5. The number of hydrogen-bond acceptors (Lipinski definition) is 4. The number of piperazine rings is 1. The Bertz CT molecular complexity index is 674. The highest BCUT2D eigenvalue weighted by Gasteiger charge is 2.34. The average molecular weight is 399 g/mol. The molecule has 0 radical (unpaired) electrons. The second-order valence-electron chi connectivity index (χ2n) is 7.40. The molecule has 0 saturated carbocycles. The van der Waals surface area contributed by atoms with E-state index in [1.807, 2.05) is 12.1 Å². The average Bonchev–Trinajstić information content (AvgIpc) is 3.09. The monoisotopic (exact) mass is 399 g/mol. The molecule has 0 aromatic heterocycles. The molecule has 1 unspecified atom stereocenters. The number of halogens is 3. The lowest BCUT2D eigenvalue weighted by atomic mass is 10.1. The summed E-state index contributed by atoms with van der Waals surface area (Å²) in [6.45, 7) is 3.81. The van der Waals surface area contributed by atoms with E-state index >= 15 is 0 Å². The third kappa shape index (κ3) is 5.43. The zero-order chi connectivity index (χ0) is 20.1. The number of para-hydroxylation sites is 2. The van der Waals surface area contributed by atoms with E-state index in [0.717, 1.165) is 44.2 Å². The summed E-state index contributed by atoms with van der Waals surface area (Å²) in [6.07, 6.45) is -3.37. The number of aliphatic imine (C=N–C) groups is 1. The minimum Gasteiger partial charge on any atom is -0.506 e. The van der Waals surface area contributed by atoms with E-state index < -0.39 is 12.7 Å². The molecule has 0 amide bonds. The number of aromatic hydroxyl groups is 1. The van der Waals surface area contributed by atoms with Gasteiger partial charge in [-0.05, 0) is 31.0 Å². The van der Waals surface area contributed by atoms with Crippen molar-refractivity contribution in [3.05, 3.63) is 24.3 Å². The largest absolute Gasteiger partial charge is 0.506 e. The fourth-order valence-electron chi connectivity index (χ4n) is 3.94. The van der Waals surface area contributed by atoms with Gasteiger partial charge in [0, 0.05) is 46.3 Å². The van der Waals surface area contributed by atoms with Crippen LogP contribution in [0.1, 0.15) is 6.42 Å². The Kier molecular flexibility index (Phi) is 6.53. The molecule has 3 rings (SSSR count). The quantitative estimate of drug-likeness (QED) is 0.599. The maximum Gasteiger partial charge on any atom is 0.401 e. The molecule has 2 N–H and O–H groups in total. The number of nitrogens with one attached hydrogen (secondary N) is 1. The van der Waals surface area contributed by atoms with Crippen LogP contribution in [-0.2, 0) is 0 Å². The van der Waals surface area contributed by atoms with Crippen molar-refractivity contribution in [3.8, 4) is 5.75 Å². The van der Waals surface area contributed by atoms with Crippen LogP contribution in [0.3, 0.4) is 0 Å². The van der Waals surface area contributed by atoms with Crippen molar-refractivity contribution in [1.82, 2.24) is 15.1 Å². The van der Waals surface area contributed by atoms with Crippen molar-refractivity contribution in [2.24, 2.45) is 10.9 Å². The van der Waals surface area contributed by atoms with Gasteiger partial charge in [-0.25, -0.2) is 0 Å². The second-order valence-corrected chi connectivity index (χ2v) is 7.40. The summed E-state index contributed by atoms with van der Waals surface area (Å²) < 4.78 is 37.6. The van der Waals surface area contributed by atoms with Crippen LogP contribution in [0.25, 0.3) is 0 Å². The second kappa shape index (κ2) is 8.89. The van der Waals surface area contributed by atoms with Gasteiger partial charge in [0.25, 0.3) is 0 Å². The lowest BCUT2D eigenvalue weighted by Crippen LogP contribution is -2.53. The number of benzene rings is 1. The van der Waals surface area contributed by atoms with Gasteiger partial charge >= 0.3 is 6.18 Å². The first-order chi connectivity index (χ1) is 13.4. The van der Waals surface area contributed by atoms with Crippen molar-refractivity contribution >= 4 is 11.6 Å². The van der Waals surface area contributed by atoms with Gasteiger partial charge in [-0.1, -0.05) is 12.1 Å². The first-order valence-electron chi connectivity index (χ1n) is 9.63. The van der Waals surface area contributed by atoms with E-state index in [1.165, 1.54) is 4.90 Å². The molecule has 1 atom stereocenters. The summed E-state index contributed by atoms with van der Waals surface area (Å²) in [5, 5.41) is 13.3. The molecule has 28 heavy (non-hydrogen) atoms. The van der Waals surface area contributed by atoms with E-state index in [9.17, 15) is 18.3 Å². The SMILES string of the molecule is CN=C(NCC1CCN(CC(F)(F)F)C1)N1CCN(c2ccccc2O)CC1. The first-order valence-corrected chi connectivity index (χ1v) is 9.63. The summed E-state index contributed by atoms with van der Waals surface area (Å²) in [7, 11) is 1.72. The van der Waals surface area contributed by atoms with Gasteiger partial charge in [-0.15, -0.1) is 0 Å². The van der Waals surface area contributed by atoms with Gasteiger partial charge in [0.05, 0.1) is 12.2 Å². The van der Waals surface area contributed by atoms with E-state index in [1.54, 1.807) is 19.2 Å². The number of likely N-dealkylation sites (tertiary alicyclic amines) is 1. The van der Waals surface area contributed by atoms with Crippen molar-refractivity contribution < 1.29 is 18.3 Å². The van der Waals surface area contributed by atoms with E-state index in [4.69, 9.17) is 0 Å². The number of nitrogens with zero attached hydrogens (tertiary/aromatic N) is 4. The van der Waals surface area contributed by atoms with Crippen LogP contribution in [0.4, 0.5) is 18.9 Å². The molecule has 1 aromatic carbocycles.